The number of benzene rings is 2. The molecule has 26 heavy (non-hydrogen) atoms. The lowest BCUT2D eigenvalue weighted by Gasteiger charge is -2.14. The highest BCUT2D eigenvalue weighted by molar-refractivity contribution is 8.00. The van der Waals surface area contributed by atoms with Crippen molar-refractivity contribution < 1.29 is 9.53 Å². The molecule has 1 N–H and O–H groups in total. The minimum atomic E-state index is -0.290. The van der Waals surface area contributed by atoms with Crippen LogP contribution in [0.5, 0.6) is 5.75 Å². The molecule has 0 spiro atoms. The van der Waals surface area contributed by atoms with Gasteiger partial charge >= 0.3 is 0 Å². The number of carbonyl (C=O) groups is 1. The smallest absolute Gasteiger partial charge is 0.237 e. The number of thioether (sulfide) groups is 1. The van der Waals surface area contributed by atoms with Gasteiger partial charge in [-0.1, -0.05) is 30.0 Å². The third kappa shape index (κ3) is 4.08. The predicted molar refractivity (Wildman–Crippen MR) is 105 cm³/mol. The maximum atomic E-state index is 12.5. The van der Waals surface area contributed by atoms with Crippen molar-refractivity contribution in [2.45, 2.75) is 24.3 Å². The fraction of sp³-hybridized carbons (Fsp3) is 0.200. The molecular weight excluding hydrogens is 346 g/mol. The Bertz CT molecular complexity index is 890. The average Bonchev–Trinajstić information content (AvgIpc) is 3.10. The molecule has 1 amide bonds. The molecule has 6 heteroatoms. The van der Waals surface area contributed by atoms with Gasteiger partial charge in [0.2, 0.25) is 5.91 Å². The normalized spacial score (nSPS) is 11.8. The summed E-state index contributed by atoms with van der Waals surface area (Å²) < 4.78 is 7.14. The standard InChI is InChI=1S/C20H21N3O2S/c1-14-6-4-5-7-18(14)23-13-12-21-20(23)26-15(2)19(24)22-16-8-10-17(25-3)11-9-16/h4-13,15H,1-3H3,(H,22,24). The lowest BCUT2D eigenvalue weighted by Crippen LogP contribution is -2.22. The van der Waals surface area contributed by atoms with Crippen molar-refractivity contribution in [2.24, 2.45) is 0 Å². The van der Waals surface area contributed by atoms with E-state index in [9.17, 15) is 4.79 Å². The Kier molecular flexibility index (Phi) is 5.63. The molecule has 134 valence electrons. The first kappa shape index (κ1) is 18.1. The van der Waals surface area contributed by atoms with Crippen LogP contribution in [-0.4, -0.2) is 27.8 Å². The molecule has 1 aromatic heterocycles. The van der Waals surface area contributed by atoms with Crippen molar-refractivity contribution >= 4 is 23.4 Å². The van der Waals surface area contributed by atoms with Crippen LogP contribution in [0.1, 0.15) is 12.5 Å². The topological polar surface area (TPSA) is 56.1 Å². The second-order valence-electron chi connectivity index (χ2n) is 5.84. The first-order valence-electron chi connectivity index (χ1n) is 8.29. The molecule has 3 aromatic rings. The Morgan fingerprint density at radius 1 is 1.19 bits per heavy atom. The third-order valence-corrected chi connectivity index (χ3v) is 5.07. The van der Waals surface area contributed by atoms with Gasteiger partial charge in [-0.3, -0.25) is 9.36 Å². The molecule has 0 bridgehead atoms. The maximum Gasteiger partial charge on any atom is 0.237 e. The van der Waals surface area contributed by atoms with Gasteiger partial charge in [0, 0.05) is 18.1 Å². The summed E-state index contributed by atoms with van der Waals surface area (Å²) in [5.41, 5.74) is 2.96. The summed E-state index contributed by atoms with van der Waals surface area (Å²) in [7, 11) is 1.61. The Morgan fingerprint density at radius 3 is 2.62 bits per heavy atom. The van der Waals surface area contributed by atoms with E-state index in [1.165, 1.54) is 11.8 Å². The molecule has 0 radical (unpaired) electrons. The molecule has 1 heterocycles. The molecule has 0 fully saturated rings. The van der Waals surface area contributed by atoms with E-state index in [0.29, 0.717) is 0 Å². The van der Waals surface area contributed by atoms with Crippen LogP contribution in [0.25, 0.3) is 5.69 Å². The van der Waals surface area contributed by atoms with E-state index < -0.39 is 0 Å². The zero-order valence-corrected chi connectivity index (χ0v) is 15.8. The van der Waals surface area contributed by atoms with Crippen LogP contribution < -0.4 is 10.1 Å². The molecule has 5 nitrogen and oxygen atoms in total. The largest absolute Gasteiger partial charge is 0.497 e. The summed E-state index contributed by atoms with van der Waals surface area (Å²) in [6, 6.07) is 15.4. The Morgan fingerprint density at radius 2 is 1.92 bits per heavy atom. The van der Waals surface area contributed by atoms with Gasteiger partial charge in [0.15, 0.2) is 5.16 Å². The zero-order valence-electron chi connectivity index (χ0n) is 15.0. The Balaban J connectivity index is 1.70. The summed E-state index contributed by atoms with van der Waals surface area (Å²) in [5, 5.41) is 3.42. The van der Waals surface area contributed by atoms with Crippen LogP contribution in [0.3, 0.4) is 0 Å². The number of anilines is 1. The SMILES string of the molecule is COc1ccc(NC(=O)C(C)Sc2nccn2-c2ccccc2C)cc1. The summed E-state index contributed by atoms with van der Waals surface area (Å²) in [4.78, 5) is 16.9. The van der Waals surface area contributed by atoms with Crippen LogP contribution in [-0.2, 0) is 4.79 Å². The number of hydrogen-bond acceptors (Lipinski definition) is 4. The molecule has 3 rings (SSSR count). The van der Waals surface area contributed by atoms with Crippen LogP contribution in [0, 0.1) is 6.92 Å². The molecular formula is C20H21N3O2S. The first-order valence-corrected chi connectivity index (χ1v) is 9.17. The number of amides is 1. The average molecular weight is 367 g/mol. The molecule has 1 unspecified atom stereocenters. The molecule has 0 aliphatic rings. The second-order valence-corrected chi connectivity index (χ2v) is 7.15. The number of imidazole rings is 1. The summed E-state index contributed by atoms with van der Waals surface area (Å²) in [5.74, 6) is 0.685. The monoisotopic (exact) mass is 367 g/mol. The van der Waals surface area contributed by atoms with Gasteiger partial charge in [0.25, 0.3) is 0 Å². The number of hydrogen-bond donors (Lipinski definition) is 1. The van der Waals surface area contributed by atoms with Crippen molar-refractivity contribution in [1.82, 2.24) is 9.55 Å². The predicted octanol–water partition coefficient (Wildman–Crippen LogP) is 4.31. The van der Waals surface area contributed by atoms with Gasteiger partial charge in [-0.05, 0) is 49.7 Å². The quantitative estimate of drug-likeness (QED) is 0.660. The molecule has 1 atom stereocenters. The molecule has 2 aromatic carbocycles. The van der Waals surface area contributed by atoms with Crippen molar-refractivity contribution in [1.29, 1.82) is 0 Å². The van der Waals surface area contributed by atoms with Crippen LogP contribution in [0.15, 0.2) is 66.1 Å². The number of methoxy groups -OCH3 is 1. The molecule has 0 aliphatic carbocycles. The minimum absolute atomic E-state index is 0.0699. The Hall–Kier alpha value is -2.73. The van der Waals surface area contributed by atoms with E-state index in [1.807, 2.05) is 60.2 Å². The fourth-order valence-electron chi connectivity index (χ4n) is 2.52. The third-order valence-electron chi connectivity index (χ3n) is 3.99. The molecule has 0 saturated carbocycles. The highest BCUT2D eigenvalue weighted by Crippen LogP contribution is 2.27. The number of carbonyl (C=O) groups excluding carboxylic acids is 1. The van der Waals surface area contributed by atoms with Crippen molar-refractivity contribution in [3.8, 4) is 11.4 Å². The van der Waals surface area contributed by atoms with E-state index in [1.54, 1.807) is 13.3 Å². The van der Waals surface area contributed by atoms with Crippen molar-refractivity contribution in [3.05, 3.63) is 66.5 Å². The number of nitrogens with one attached hydrogen (secondary N) is 1. The van der Waals surface area contributed by atoms with Crippen molar-refractivity contribution in [2.75, 3.05) is 12.4 Å². The van der Waals surface area contributed by atoms with Gasteiger partial charge in [0.1, 0.15) is 5.75 Å². The van der Waals surface area contributed by atoms with E-state index in [-0.39, 0.29) is 11.2 Å². The fourth-order valence-corrected chi connectivity index (χ4v) is 3.40. The van der Waals surface area contributed by atoms with Gasteiger partial charge in [-0.15, -0.1) is 0 Å². The molecule has 0 saturated heterocycles. The van der Waals surface area contributed by atoms with E-state index in [4.69, 9.17) is 4.74 Å². The minimum Gasteiger partial charge on any atom is -0.497 e. The highest BCUT2D eigenvalue weighted by atomic mass is 32.2. The number of ether oxygens (including phenoxy) is 1. The number of aromatic nitrogens is 2. The van der Waals surface area contributed by atoms with E-state index >= 15 is 0 Å². The number of rotatable bonds is 6. The number of aryl methyl sites for hydroxylation is 1. The first-order chi connectivity index (χ1) is 12.6. The van der Waals surface area contributed by atoms with E-state index in [0.717, 1.165) is 27.8 Å². The van der Waals surface area contributed by atoms with Crippen LogP contribution >= 0.6 is 11.8 Å². The zero-order chi connectivity index (χ0) is 18.5. The van der Waals surface area contributed by atoms with Gasteiger partial charge in [0.05, 0.1) is 18.0 Å². The Labute approximate surface area is 157 Å². The van der Waals surface area contributed by atoms with E-state index in [2.05, 4.69) is 23.3 Å². The van der Waals surface area contributed by atoms with Gasteiger partial charge < -0.3 is 10.1 Å². The van der Waals surface area contributed by atoms with Crippen molar-refractivity contribution in [3.63, 3.8) is 0 Å². The summed E-state index contributed by atoms with van der Waals surface area (Å²) >= 11 is 1.43. The second kappa shape index (κ2) is 8.10. The van der Waals surface area contributed by atoms with Gasteiger partial charge in [-0.25, -0.2) is 4.98 Å². The van der Waals surface area contributed by atoms with Crippen LogP contribution in [0.2, 0.25) is 0 Å². The maximum absolute atomic E-state index is 12.5. The lowest BCUT2D eigenvalue weighted by atomic mass is 10.2. The van der Waals surface area contributed by atoms with Gasteiger partial charge in [-0.2, -0.15) is 0 Å². The highest BCUT2D eigenvalue weighted by Gasteiger charge is 2.18. The number of para-hydroxylation sites is 1. The number of nitrogens with zero attached hydrogens (tertiary/aromatic N) is 2. The lowest BCUT2D eigenvalue weighted by molar-refractivity contribution is -0.115. The summed E-state index contributed by atoms with van der Waals surface area (Å²) in [6.07, 6.45) is 3.67. The van der Waals surface area contributed by atoms with Crippen LogP contribution in [0.4, 0.5) is 5.69 Å². The summed E-state index contributed by atoms with van der Waals surface area (Å²) in [6.45, 7) is 3.93. The molecule has 0 aliphatic heterocycles.